The fourth-order valence-corrected chi connectivity index (χ4v) is 2.50. The average Bonchev–Trinajstić information content (AvgIpc) is 2.72. The van der Waals surface area contributed by atoms with Crippen LogP contribution in [-0.4, -0.2) is 12.5 Å². The number of benzene rings is 1. The van der Waals surface area contributed by atoms with Crippen LogP contribution in [0.3, 0.4) is 0 Å². The molecule has 1 N–H and O–H groups in total. The summed E-state index contributed by atoms with van der Waals surface area (Å²) in [5.41, 5.74) is 0.204. The van der Waals surface area contributed by atoms with Crippen molar-refractivity contribution in [2.75, 3.05) is 6.61 Å². The summed E-state index contributed by atoms with van der Waals surface area (Å²) in [6.45, 7) is 0.451. The van der Waals surface area contributed by atoms with E-state index < -0.39 is 5.41 Å². The van der Waals surface area contributed by atoms with E-state index in [0.29, 0.717) is 19.4 Å². The summed E-state index contributed by atoms with van der Waals surface area (Å²) in [4.78, 5) is 12.2. The van der Waals surface area contributed by atoms with Crippen LogP contribution in [0.4, 0.5) is 0 Å². The Kier molecular flexibility index (Phi) is 2.48. The van der Waals surface area contributed by atoms with Gasteiger partial charge in [-0.25, -0.2) is 0 Å². The zero-order chi connectivity index (χ0) is 12.6. The van der Waals surface area contributed by atoms with Crippen LogP contribution in [0.25, 0.3) is 0 Å². The molecule has 1 fully saturated rings. The summed E-state index contributed by atoms with van der Waals surface area (Å²) in [5.74, 6) is 0.670. The van der Waals surface area contributed by atoms with E-state index >= 15 is 0 Å². The first-order valence-corrected chi connectivity index (χ1v) is 6.19. The Morgan fingerprint density at radius 3 is 2.89 bits per heavy atom. The average molecular weight is 242 g/mol. The maximum absolute atomic E-state index is 12.2. The summed E-state index contributed by atoms with van der Waals surface area (Å²) in [6.07, 6.45) is 2.30. The van der Waals surface area contributed by atoms with E-state index in [2.05, 4.69) is 11.4 Å². The highest BCUT2D eigenvalue weighted by Crippen LogP contribution is 2.41. The summed E-state index contributed by atoms with van der Waals surface area (Å²) in [7, 11) is 0. The first-order valence-electron chi connectivity index (χ1n) is 6.19. The number of hydrogen-bond donors (Lipinski definition) is 1. The minimum atomic E-state index is -0.794. The first-order chi connectivity index (χ1) is 8.75. The minimum Gasteiger partial charge on any atom is -0.491 e. The van der Waals surface area contributed by atoms with Crippen LogP contribution < -0.4 is 10.1 Å². The second kappa shape index (κ2) is 4.02. The Labute approximate surface area is 106 Å². The maximum Gasteiger partial charge on any atom is 0.241 e. The number of para-hydroxylation sites is 1. The molecule has 2 aliphatic rings. The molecule has 1 aromatic carbocycles. The lowest BCUT2D eigenvalue weighted by molar-refractivity contribution is -0.132. The van der Waals surface area contributed by atoms with Gasteiger partial charge in [0.2, 0.25) is 5.91 Å². The molecule has 1 atom stereocenters. The second-order valence-electron chi connectivity index (χ2n) is 4.92. The maximum atomic E-state index is 12.2. The number of ether oxygens (including phenoxy) is 1. The molecule has 0 aromatic heterocycles. The van der Waals surface area contributed by atoms with Gasteiger partial charge in [-0.1, -0.05) is 18.2 Å². The zero-order valence-corrected chi connectivity index (χ0v) is 9.98. The number of fused-ring (bicyclic) bond motifs is 1. The van der Waals surface area contributed by atoms with Crippen LogP contribution in [0, 0.1) is 16.7 Å². The normalized spacial score (nSPS) is 23.2. The SMILES string of the molecule is N#CC1(C(=O)NC2COc3ccccc32)CCC1. The predicted molar refractivity (Wildman–Crippen MR) is 64.7 cm³/mol. The van der Waals surface area contributed by atoms with Gasteiger partial charge in [0.15, 0.2) is 0 Å². The number of nitrogens with one attached hydrogen (secondary N) is 1. The van der Waals surface area contributed by atoms with Crippen LogP contribution in [0.15, 0.2) is 24.3 Å². The Morgan fingerprint density at radius 1 is 1.44 bits per heavy atom. The molecule has 0 bridgehead atoms. The summed E-state index contributed by atoms with van der Waals surface area (Å²) < 4.78 is 5.51. The van der Waals surface area contributed by atoms with Gasteiger partial charge < -0.3 is 10.1 Å². The number of rotatable bonds is 2. The highest BCUT2D eigenvalue weighted by Gasteiger charge is 2.45. The molecule has 1 saturated carbocycles. The third-order valence-corrected chi connectivity index (χ3v) is 3.86. The lowest BCUT2D eigenvalue weighted by Crippen LogP contribution is -2.46. The standard InChI is InChI=1S/C14H14N2O2/c15-9-14(6-3-7-14)13(17)16-11-8-18-12-5-2-1-4-10(11)12/h1-2,4-5,11H,3,6-8H2,(H,16,17). The molecule has 3 rings (SSSR count). The lowest BCUT2D eigenvalue weighted by atomic mass is 9.69. The number of nitrogens with zero attached hydrogens (tertiary/aromatic N) is 1. The van der Waals surface area contributed by atoms with Crippen LogP contribution in [0.2, 0.25) is 0 Å². The van der Waals surface area contributed by atoms with Gasteiger partial charge >= 0.3 is 0 Å². The van der Waals surface area contributed by atoms with Crippen LogP contribution >= 0.6 is 0 Å². The van der Waals surface area contributed by atoms with E-state index in [9.17, 15) is 4.79 Å². The topological polar surface area (TPSA) is 62.1 Å². The van der Waals surface area contributed by atoms with E-state index in [1.54, 1.807) is 0 Å². The van der Waals surface area contributed by atoms with Crippen LogP contribution in [-0.2, 0) is 4.79 Å². The molecular formula is C14H14N2O2. The molecule has 18 heavy (non-hydrogen) atoms. The van der Waals surface area contributed by atoms with E-state index in [1.165, 1.54) is 0 Å². The van der Waals surface area contributed by atoms with Gasteiger partial charge in [0.25, 0.3) is 0 Å². The van der Waals surface area contributed by atoms with Crippen molar-refractivity contribution >= 4 is 5.91 Å². The Bertz CT molecular complexity index is 529. The van der Waals surface area contributed by atoms with Gasteiger partial charge in [-0.2, -0.15) is 5.26 Å². The van der Waals surface area contributed by atoms with Crippen LogP contribution in [0.1, 0.15) is 30.9 Å². The van der Waals surface area contributed by atoms with E-state index in [1.807, 2.05) is 24.3 Å². The molecule has 1 aliphatic carbocycles. The molecular weight excluding hydrogens is 228 g/mol. The quantitative estimate of drug-likeness (QED) is 0.862. The van der Waals surface area contributed by atoms with Crippen molar-refractivity contribution in [1.29, 1.82) is 5.26 Å². The summed E-state index contributed by atoms with van der Waals surface area (Å²) >= 11 is 0. The first kappa shape index (κ1) is 11.1. The fraction of sp³-hybridized carbons (Fsp3) is 0.429. The molecule has 1 aromatic rings. The largest absolute Gasteiger partial charge is 0.491 e. The number of hydrogen-bond acceptors (Lipinski definition) is 3. The van der Waals surface area contributed by atoms with Crippen molar-refractivity contribution in [3.63, 3.8) is 0 Å². The molecule has 0 radical (unpaired) electrons. The lowest BCUT2D eigenvalue weighted by Gasteiger charge is -2.34. The minimum absolute atomic E-state index is 0.125. The number of carbonyl (C=O) groups excluding carboxylic acids is 1. The Morgan fingerprint density at radius 2 is 2.22 bits per heavy atom. The second-order valence-corrected chi connectivity index (χ2v) is 4.92. The fourth-order valence-electron chi connectivity index (χ4n) is 2.50. The zero-order valence-electron chi connectivity index (χ0n) is 9.98. The molecule has 4 nitrogen and oxygen atoms in total. The van der Waals surface area contributed by atoms with Gasteiger partial charge in [0.05, 0.1) is 12.1 Å². The number of carbonyl (C=O) groups is 1. The van der Waals surface area contributed by atoms with Crippen molar-refractivity contribution in [3.05, 3.63) is 29.8 Å². The summed E-state index contributed by atoms with van der Waals surface area (Å²) in [5, 5.41) is 12.1. The number of amides is 1. The van der Waals surface area contributed by atoms with E-state index in [-0.39, 0.29) is 11.9 Å². The Balaban J connectivity index is 1.76. The third-order valence-electron chi connectivity index (χ3n) is 3.86. The highest BCUT2D eigenvalue weighted by molar-refractivity contribution is 5.86. The molecule has 0 saturated heterocycles. The van der Waals surface area contributed by atoms with Gasteiger partial charge in [-0.05, 0) is 25.3 Å². The molecule has 1 amide bonds. The van der Waals surface area contributed by atoms with Crippen molar-refractivity contribution in [1.82, 2.24) is 5.32 Å². The van der Waals surface area contributed by atoms with Gasteiger partial charge in [-0.3, -0.25) is 4.79 Å². The number of nitriles is 1. The predicted octanol–water partition coefficient (Wildman–Crippen LogP) is 1.93. The smallest absolute Gasteiger partial charge is 0.241 e. The third kappa shape index (κ3) is 1.55. The van der Waals surface area contributed by atoms with Gasteiger partial charge in [-0.15, -0.1) is 0 Å². The van der Waals surface area contributed by atoms with E-state index in [0.717, 1.165) is 17.7 Å². The monoisotopic (exact) mass is 242 g/mol. The highest BCUT2D eigenvalue weighted by atomic mass is 16.5. The molecule has 1 heterocycles. The van der Waals surface area contributed by atoms with Crippen molar-refractivity contribution in [2.24, 2.45) is 5.41 Å². The molecule has 92 valence electrons. The van der Waals surface area contributed by atoms with Crippen molar-refractivity contribution in [3.8, 4) is 11.8 Å². The molecule has 1 aliphatic heterocycles. The molecule has 0 spiro atoms. The van der Waals surface area contributed by atoms with E-state index in [4.69, 9.17) is 10.00 Å². The van der Waals surface area contributed by atoms with Gasteiger partial charge in [0.1, 0.15) is 17.8 Å². The summed E-state index contributed by atoms with van der Waals surface area (Å²) in [6, 6.07) is 9.71. The van der Waals surface area contributed by atoms with Crippen molar-refractivity contribution in [2.45, 2.75) is 25.3 Å². The molecule has 4 heteroatoms. The van der Waals surface area contributed by atoms with Crippen molar-refractivity contribution < 1.29 is 9.53 Å². The molecule has 1 unspecified atom stereocenters. The van der Waals surface area contributed by atoms with Crippen LogP contribution in [0.5, 0.6) is 5.75 Å². The Hall–Kier alpha value is -2.02. The van der Waals surface area contributed by atoms with Gasteiger partial charge in [0, 0.05) is 5.56 Å².